The normalized spacial score (nSPS) is 17.2. The van der Waals surface area contributed by atoms with Crippen molar-refractivity contribution in [1.82, 2.24) is 5.32 Å². The van der Waals surface area contributed by atoms with Gasteiger partial charge in [0.1, 0.15) is 11.2 Å². The SMILES string of the molecule is Cc1c2ccoc2c(CC2CCNCC2)c2ccoc12. The van der Waals surface area contributed by atoms with E-state index < -0.39 is 0 Å². The molecule has 1 aliphatic rings. The highest BCUT2D eigenvalue weighted by atomic mass is 16.3. The molecule has 1 aliphatic heterocycles. The average Bonchev–Trinajstić information content (AvgIpc) is 3.14. The van der Waals surface area contributed by atoms with E-state index >= 15 is 0 Å². The van der Waals surface area contributed by atoms with Crippen molar-refractivity contribution in [2.45, 2.75) is 26.2 Å². The topological polar surface area (TPSA) is 38.3 Å². The predicted octanol–water partition coefficient (Wildman–Crippen LogP) is 4.03. The maximum atomic E-state index is 5.79. The monoisotopic (exact) mass is 269 g/mol. The summed E-state index contributed by atoms with van der Waals surface area (Å²) >= 11 is 0. The van der Waals surface area contributed by atoms with Crippen LogP contribution in [0.2, 0.25) is 0 Å². The number of fused-ring (bicyclic) bond motifs is 2. The van der Waals surface area contributed by atoms with Crippen LogP contribution in [-0.2, 0) is 6.42 Å². The molecule has 2 aromatic heterocycles. The van der Waals surface area contributed by atoms with Gasteiger partial charge in [-0.1, -0.05) is 0 Å². The van der Waals surface area contributed by atoms with Crippen LogP contribution in [0.3, 0.4) is 0 Å². The Balaban J connectivity index is 1.88. The van der Waals surface area contributed by atoms with Crippen molar-refractivity contribution in [2.24, 2.45) is 5.92 Å². The van der Waals surface area contributed by atoms with Gasteiger partial charge in [-0.3, -0.25) is 0 Å². The highest BCUT2D eigenvalue weighted by Gasteiger charge is 2.20. The number of piperidine rings is 1. The predicted molar refractivity (Wildman–Crippen MR) is 80.0 cm³/mol. The van der Waals surface area contributed by atoms with Crippen LogP contribution in [0.5, 0.6) is 0 Å². The lowest BCUT2D eigenvalue weighted by Crippen LogP contribution is -2.28. The highest BCUT2D eigenvalue weighted by Crippen LogP contribution is 2.36. The third-order valence-corrected chi connectivity index (χ3v) is 4.63. The summed E-state index contributed by atoms with van der Waals surface area (Å²) in [6, 6.07) is 4.14. The minimum absolute atomic E-state index is 0.741. The lowest BCUT2D eigenvalue weighted by atomic mass is 9.88. The molecule has 4 rings (SSSR count). The van der Waals surface area contributed by atoms with Crippen LogP contribution >= 0.6 is 0 Å². The minimum Gasteiger partial charge on any atom is -0.464 e. The van der Waals surface area contributed by atoms with Crippen LogP contribution < -0.4 is 5.32 Å². The van der Waals surface area contributed by atoms with Gasteiger partial charge in [0.05, 0.1) is 12.5 Å². The molecular formula is C17H19NO2. The van der Waals surface area contributed by atoms with Crippen LogP contribution in [0.1, 0.15) is 24.0 Å². The van der Waals surface area contributed by atoms with E-state index in [0.29, 0.717) is 0 Å². The van der Waals surface area contributed by atoms with E-state index in [0.717, 1.165) is 36.6 Å². The molecule has 3 heteroatoms. The largest absolute Gasteiger partial charge is 0.464 e. The average molecular weight is 269 g/mol. The molecule has 1 aromatic carbocycles. The van der Waals surface area contributed by atoms with E-state index in [1.807, 2.05) is 0 Å². The zero-order valence-electron chi connectivity index (χ0n) is 11.7. The fourth-order valence-electron chi connectivity index (χ4n) is 3.50. The standard InChI is InChI=1S/C17H19NO2/c1-11-13-4-8-20-17(13)15(14-5-9-19-16(11)14)10-12-2-6-18-7-3-12/h4-5,8-9,12,18H,2-3,6-7,10H2,1H3. The lowest BCUT2D eigenvalue weighted by molar-refractivity contribution is 0.373. The van der Waals surface area contributed by atoms with Gasteiger partial charge in [-0.25, -0.2) is 0 Å². The maximum absolute atomic E-state index is 5.79. The molecule has 0 atom stereocenters. The molecule has 3 aromatic rings. The van der Waals surface area contributed by atoms with Gasteiger partial charge >= 0.3 is 0 Å². The Labute approximate surface area is 117 Å². The second-order valence-electron chi connectivity index (χ2n) is 5.83. The first-order chi connectivity index (χ1) is 9.84. The van der Waals surface area contributed by atoms with Gasteiger partial charge < -0.3 is 14.2 Å². The van der Waals surface area contributed by atoms with Crippen LogP contribution in [0, 0.1) is 12.8 Å². The van der Waals surface area contributed by atoms with E-state index in [2.05, 4.69) is 24.4 Å². The second kappa shape index (κ2) is 4.67. The van der Waals surface area contributed by atoms with Gasteiger partial charge in [0.15, 0.2) is 0 Å². The summed E-state index contributed by atoms with van der Waals surface area (Å²) in [7, 11) is 0. The highest BCUT2D eigenvalue weighted by molar-refractivity contribution is 6.01. The number of nitrogens with one attached hydrogen (secondary N) is 1. The smallest absolute Gasteiger partial charge is 0.138 e. The molecule has 20 heavy (non-hydrogen) atoms. The van der Waals surface area contributed by atoms with Crippen LogP contribution in [0.15, 0.2) is 33.5 Å². The Bertz CT molecular complexity index is 695. The lowest BCUT2D eigenvalue weighted by Gasteiger charge is -2.23. The van der Waals surface area contributed by atoms with Crippen LogP contribution in [0.25, 0.3) is 21.9 Å². The van der Waals surface area contributed by atoms with E-state index in [1.54, 1.807) is 12.5 Å². The van der Waals surface area contributed by atoms with Crippen molar-refractivity contribution in [3.8, 4) is 0 Å². The van der Waals surface area contributed by atoms with Gasteiger partial charge in [-0.2, -0.15) is 0 Å². The van der Waals surface area contributed by atoms with Gasteiger partial charge in [0.25, 0.3) is 0 Å². The van der Waals surface area contributed by atoms with E-state index in [1.165, 1.54) is 34.7 Å². The Morgan fingerprint density at radius 1 is 1.05 bits per heavy atom. The fourth-order valence-corrected chi connectivity index (χ4v) is 3.50. The minimum atomic E-state index is 0.741. The molecule has 104 valence electrons. The van der Waals surface area contributed by atoms with Gasteiger partial charge in [-0.15, -0.1) is 0 Å². The molecule has 0 saturated carbocycles. The Morgan fingerprint density at radius 3 is 2.55 bits per heavy atom. The fraction of sp³-hybridized carbons (Fsp3) is 0.412. The number of hydrogen-bond acceptors (Lipinski definition) is 3. The Morgan fingerprint density at radius 2 is 1.75 bits per heavy atom. The molecule has 3 heterocycles. The molecular weight excluding hydrogens is 250 g/mol. The van der Waals surface area contributed by atoms with Gasteiger partial charge in [0.2, 0.25) is 0 Å². The van der Waals surface area contributed by atoms with E-state index in [4.69, 9.17) is 8.83 Å². The molecule has 0 amide bonds. The number of benzene rings is 1. The first-order valence-electron chi connectivity index (χ1n) is 7.41. The summed E-state index contributed by atoms with van der Waals surface area (Å²) in [4.78, 5) is 0. The Hall–Kier alpha value is -1.74. The molecule has 0 spiro atoms. The quantitative estimate of drug-likeness (QED) is 0.763. The zero-order chi connectivity index (χ0) is 13.5. The van der Waals surface area contributed by atoms with Crippen molar-refractivity contribution < 1.29 is 8.83 Å². The first-order valence-corrected chi connectivity index (χ1v) is 7.41. The summed E-state index contributed by atoms with van der Waals surface area (Å²) in [6.07, 6.45) is 7.16. The number of hydrogen-bond donors (Lipinski definition) is 1. The van der Waals surface area contributed by atoms with Crippen LogP contribution in [-0.4, -0.2) is 13.1 Å². The molecule has 0 unspecified atom stereocenters. The summed E-state index contributed by atoms with van der Waals surface area (Å²) in [6.45, 7) is 4.37. The molecule has 0 aliphatic carbocycles. The summed E-state index contributed by atoms with van der Waals surface area (Å²) in [5.41, 5.74) is 4.58. The van der Waals surface area contributed by atoms with Gasteiger partial charge in [0, 0.05) is 21.9 Å². The van der Waals surface area contributed by atoms with Gasteiger partial charge in [-0.05, 0) is 57.3 Å². The number of furan rings is 2. The van der Waals surface area contributed by atoms with Crippen molar-refractivity contribution in [2.75, 3.05) is 13.1 Å². The van der Waals surface area contributed by atoms with Crippen molar-refractivity contribution in [1.29, 1.82) is 0 Å². The van der Waals surface area contributed by atoms with Crippen molar-refractivity contribution in [3.63, 3.8) is 0 Å². The maximum Gasteiger partial charge on any atom is 0.138 e. The summed E-state index contributed by atoms with van der Waals surface area (Å²) < 4.78 is 11.5. The van der Waals surface area contributed by atoms with Crippen molar-refractivity contribution in [3.05, 3.63) is 35.8 Å². The molecule has 1 saturated heterocycles. The number of rotatable bonds is 2. The summed E-state index contributed by atoms with van der Waals surface area (Å²) in [5.74, 6) is 0.741. The zero-order valence-corrected chi connectivity index (χ0v) is 11.7. The Kier molecular flexibility index (Phi) is 2.81. The number of aryl methyl sites for hydroxylation is 1. The molecule has 1 N–H and O–H groups in total. The first kappa shape index (κ1) is 12.0. The van der Waals surface area contributed by atoms with Crippen molar-refractivity contribution >= 4 is 21.9 Å². The van der Waals surface area contributed by atoms with Crippen LogP contribution in [0.4, 0.5) is 0 Å². The molecule has 0 radical (unpaired) electrons. The molecule has 1 fully saturated rings. The van der Waals surface area contributed by atoms with E-state index in [-0.39, 0.29) is 0 Å². The second-order valence-corrected chi connectivity index (χ2v) is 5.83. The molecule has 0 bridgehead atoms. The van der Waals surface area contributed by atoms with E-state index in [9.17, 15) is 0 Å². The molecule has 3 nitrogen and oxygen atoms in total. The third kappa shape index (κ3) is 1.77. The summed E-state index contributed by atoms with van der Waals surface area (Å²) in [5, 5.41) is 5.85. The third-order valence-electron chi connectivity index (χ3n) is 4.63.